The van der Waals surface area contributed by atoms with Crippen molar-refractivity contribution in [2.45, 2.75) is 52.6 Å². The van der Waals surface area contributed by atoms with E-state index in [1.165, 1.54) is 0 Å². The molecule has 0 aromatic heterocycles. The van der Waals surface area contributed by atoms with Gasteiger partial charge in [0.25, 0.3) is 0 Å². The maximum Gasteiger partial charge on any atom is 0.311 e. The number of hydrogen-bond donors (Lipinski definition) is 0. The predicted molar refractivity (Wildman–Crippen MR) is 91.0 cm³/mol. The molecule has 0 fully saturated rings. The van der Waals surface area contributed by atoms with Gasteiger partial charge in [0.05, 0.1) is 11.1 Å². The standard InChI is InChI=1S/C17H22Cl2O4/c1-11(2)10-12(3)22-15(20)8-5-9-16(21)23-14-7-4-6-13(18)17(14)19/h4,6-7,11-12H,5,8-10H2,1-3H3. The number of halogens is 2. The van der Waals surface area contributed by atoms with Gasteiger partial charge < -0.3 is 9.47 Å². The molecule has 1 rings (SSSR count). The van der Waals surface area contributed by atoms with Crippen LogP contribution in [0.15, 0.2) is 18.2 Å². The molecule has 0 amide bonds. The van der Waals surface area contributed by atoms with Crippen LogP contribution in [0.25, 0.3) is 0 Å². The molecule has 0 aliphatic carbocycles. The van der Waals surface area contributed by atoms with E-state index in [1.54, 1.807) is 18.2 Å². The fraction of sp³-hybridized carbons (Fsp3) is 0.529. The SMILES string of the molecule is CC(C)CC(C)OC(=O)CCCC(=O)Oc1cccc(Cl)c1Cl. The summed E-state index contributed by atoms with van der Waals surface area (Å²) in [6.45, 7) is 6.01. The Bertz CT molecular complexity index is 543. The van der Waals surface area contributed by atoms with Crippen molar-refractivity contribution in [1.29, 1.82) is 0 Å². The van der Waals surface area contributed by atoms with Crippen LogP contribution in [0.4, 0.5) is 0 Å². The first-order chi connectivity index (χ1) is 10.8. The zero-order valence-corrected chi connectivity index (χ0v) is 15.1. The monoisotopic (exact) mass is 360 g/mol. The summed E-state index contributed by atoms with van der Waals surface area (Å²) in [5.41, 5.74) is 0. The third-order valence-corrected chi connectivity index (χ3v) is 3.84. The van der Waals surface area contributed by atoms with E-state index in [9.17, 15) is 9.59 Å². The van der Waals surface area contributed by atoms with Crippen molar-refractivity contribution in [3.8, 4) is 5.75 Å². The van der Waals surface area contributed by atoms with Crippen molar-refractivity contribution in [2.24, 2.45) is 5.92 Å². The molecule has 0 saturated carbocycles. The Morgan fingerprint density at radius 1 is 1.09 bits per heavy atom. The summed E-state index contributed by atoms with van der Waals surface area (Å²) in [5, 5.41) is 0.518. The van der Waals surface area contributed by atoms with Gasteiger partial charge in [0.1, 0.15) is 5.02 Å². The zero-order valence-electron chi connectivity index (χ0n) is 13.6. The topological polar surface area (TPSA) is 52.6 Å². The number of benzene rings is 1. The highest BCUT2D eigenvalue weighted by molar-refractivity contribution is 6.43. The van der Waals surface area contributed by atoms with E-state index in [4.69, 9.17) is 32.7 Å². The first-order valence-electron chi connectivity index (χ1n) is 7.63. The lowest BCUT2D eigenvalue weighted by molar-refractivity contribution is -0.149. The molecule has 6 heteroatoms. The predicted octanol–water partition coefficient (Wildman–Crippen LogP) is 5.05. The lowest BCUT2D eigenvalue weighted by atomic mass is 10.1. The van der Waals surface area contributed by atoms with Crippen LogP contribution in [-0.4, -0.2) is 18.0 Å². The van der Waals surface area contributed by atoms with Crippen molar-refractivity contribution in [3.05, 3.63) is 28.2 Å². The van der Waals surface area contributed by atoms with Crippen molar-refractivity contribution < 1.29 is 19.1 Å². The van der Waals surface area contributed by atoms with Gasteiger partial charge in [0.15, 0.2) is 5.75 Å². The Hall–Kier alpha value is -1.26. The van der Waals surface area contributed by atoms with Crippen LogP contribution in [0.1, 0.15) is 46.5 Å². The average molecular weight is 361 g/mol. The molecule has 1 unspecified atom stereocenters. The smallest absolute Gasteiger partial charge is 0.311 e. The molecule has 0 aliphatic heterocycles. The van der Waals surface area contributed by atoms with Gasteiger partial charge in [-0.25, -0.2) is 0 Å². The Balaban J connectivity index is 2.31. The fourth-order valence-electron chi connectivity index (χ4n) is 2.11. The molecule has 23 heavy (non-hydrogen) atoms. The van der Waals surface area contributed by atoms with Crippen LogP contribution in [0.5, 0.6) is 5.75 Å². The third kappa shape index (κ3) is 7.71. The summed E-state index contributed by atoms with van der Waals surface area (Å²) >= 11 is 11.8. The molecule has 0 N–H and O–H groups in total. The Morgan fingerprint density at radius 2 is 1.74 bits per heavy atom. The van der Waals surface area contributed by atoms with Crippen LogP contribution in [0, 0.1) is 5.92 Å². The highest BCUT2D eigenvalue weighted by atomic mass is 35.5. The minimum Gasteiger partial charge on any atom is -0.463 e. The van der Waals surface area contributed by atoms with Crippen molar-refractivity contribution in [1.82, 2.24) is 0 Å². The lowest BCUT2D eigenvalue weighted by Gasteiger charge is -2.15. The van der Waals surface area contributed by atoms with Gasteiger partial charge in [0.2, 0.25) is 0 Å². The quantitative estimate of drug-likeness (QED) is 0.480. The van der Waals surface area contributed by atoms with Gasteiger partial charge >= 0.3 is 11.9 Å². The number of rotatable bonds is 8. The molecular formula is C17H22Cl2O4. The maximum atomic E-state index is 11.7. The minimum atomic E-state index is -0.461. The summed E-state index contributed by atoms with van der Waals surface area (Å²) in [5.74, 6) is -0.0727. The summed E-state index contributed by atoms with van der Waals surface area (Å²) in [4.78, 5) is 23.4. The summed E-state index contributed by atoms with van der Waals surface area (Å²) in [7, 11) is 0. The van der Waals surface area contributed by atoms with Crippen LogP contribution in [0.2, 0.25) is 10.0 Å². The lowest BCUT2D eigenvalue weighted by Crippen LogP contribution is -2.17. The first-order valence-corrected chi connectivity index (χ1v) is 8.39. The Labute approximate surface area is 147 Å². The molecular weight excluding hydrogens is 339 g/mol. The van der Waals surface area contributed by atoms with Crippen LogP contribution in [-0.2, 0) is 14.3 Å². The van der Waals surface area contributed by atoms with Gasteiger partial charge in [-0.3, -0.25) is 9.59 Å². The Kier molecular flexibility index (Phi) is 8.42. The van der Waals surface area contributed by atoms with E-state index < -0.39 is 5.97 Å². The molecule has 4 nitrogen and oxygen atoms in total. The van der Waals surface area contributed by atoms with Crippen LogP contribution < -0.4 is 4.74 Å². The van der Waals surface area contributed by atoms with Gasteiger partial charge in [-0.05, 0) is 37.8 Å². The second-order valence-electron chi connectivity index (χ2n) is 5.81. The van der Waals surface area contributed by atoms with E-state index in [0.717, 1.165) is 6.42 Å². The second kappa shape index (κ2) is 9.78. The van der Waals surface area contributed by atoms with Crippen molar-refractivity contribution in [2.75, 3.05) is 0 Å². The number of hydrogen-bond acceptors (Lipinski definition) is 4. The van der Waals surface area contributed by atoms with E-state index in [1.807, 2.05) is 6.92 Å². The number of carbonyl (C=O) groups is 2. The van der Waals surface area contributed by atoms with E-state index in [2.05, 4.69) is 13.8 Å². The molecule has 128 valence electrons. The second-order valence-corrected chi connectivity index (χ2v) is 6.59. The molecule has 0 bridgehead atoms. The highest BCUT2D eigenvalue weighted by Crippen LogP contribution is 2.31. The van der Waals surface area contributed by atoms with Gasteiger partial charge in [-0.2, -0.15) is 0 Å². The third-order valence-electron chi connectivity index (χ3n) is 3.04. The number of carbonyl (C=O) groups excluding carboxylic acids is 2. The zero-order chi connectivity index (χ0) is 17.4. The van der Waals surface area contributed by atoms with Gasteiger partial charge in [0, 0.05) is 12.8 Å². The molecule has 0 spiro atoms. The fourth-order valence-corrected chi connectivity index (χ4v) is 2.44. The van der Waals surface area contributed by atoms with Crippen LogP contribution in [0.3, 0.4) is 0 Å². The molecule has 0 radical (unpaired) electrons. The van der Waals surface area contributed by atoms with Gasteiger partial charge in [-0.1, -0.05) is 43.1 Å². The summed E-state index contributed by atoms with van der Waals surface area (Å²) < 4.78 is 10.4. The molecule has 1 aromatic carbocycles. The maximum absolute atomic E-state index is 11.7. The highest BCUT2D eigenvalue weighted by Gasteiger charge is 2.14. The molecule has 0 heterocycles. The molecule has 0 aliphatic rings. The molecule has 1 atom stereocenters. The van der Waals surface area contributed by atoms with Crippen molar-refractivity contribution >= 4 is 35.1 Å². The number of esters is 2. The number of ether oxygens (including phenoxy) is 2. The van der Waals surface area contributed by atoms with Gasteiger partial charge in [-0.15, -0.1) is 0 Å². The first kappa shape index (κ1) is 19.8. The molecule has 0 saturated heterocycles. The largest absolute Gasteiger partial charge is 0.463 e. The normalized spacial score (nSPS) is 12.1. The minimum absolute atomic E-state index is 0.108. The van der Waals surface area contributed by atoms with E-state index >= 15 is 0 Å². The Morgan fingerprint density at radius 3 is 2.39 bits per heavy atom. The van der Waals surface area contributed by atoms with Crippen LogP contribution >= 0.6 is 23.2 Å². The summed E-state index contributed by atoms with van der Waals surface area (Å²) in [6, 6.07) is 4.81. The van der Waals surface area contributed by atoms with Crippen molar-refractivity contribution in [3.63, 3.8) is 0 Å². The van der Waals surface area contributed by atoms with E-state index in [0.29, 0.717) is 17.4 Å². The molecule has 1 aromatic rings. The summed E-state index contributed by atoms with van der Waals surface area (Å²) in [6.07, 6.45) is 1.36. The van der Waals surface area contributed by atoms with E-state index in [-0.39, 0.29) is 35.7 Å². The average Bonchev–Trinajstić information content (AvgIpc) is 2.42.